The second-order valence-electron chi connectivity index (χ2n) is 3.75. The van der Waals surface area contributed by atoms with E-state index in [1.54, 1.807) is 6.07 Å². The molecule has 0 atom stereocenters. The summed E-state index contributed by atoms with van der Waals surface area (Å²) in [6.45, 7) is 4.98. The first kappa shape index (κ1) is 9.46. The fourth-order valence-electron chi connectivity index (χ4n) is 2.02. The number of hydrogen-bond donors (Lipinski definition) is 1. The third-order valence-electron chi connectivity index (χ3n) is 2.86. The van der Waals surface area contributed by atoms with Crippen molar-refractivity contribution in [2.75, 3.05) is 18.8 Å². The Kier molecular flexibility index (Phi) is 2.42. The van der Waals surface area contributed by atoms with Gasteiger partial charge in [0.25, 0.3) is 0 Å². The van der Waals surface area contributed by atoms with Crippen molar-refractivity contribution in [2.45, 2.75) is 19.9 Å². The van der Waals surface area contributed by atoms with Crippen LogP contribution >= 0.6 is 0 Å². The van der Waals surface area contributed by atoms with Crippen LogP contribution < -0.4 is 5.73 Å². The van der Waals surface area contributed by atoms with E-state index in [-0.39, 0.29) is 5.82 Å². The highest BCUT2D eigenvalue weighted by Crippen LogP contribution is 2.25. The van der Waals surface area contributed by atoms with Crippen molar-refractivity contribution >= 4 is 5.69 Å². The maximum absolute atomic E-state index is 13.1. The van der Waals surface area contributed by atoms with Gasteiger partial charge in [-0.15, -0.1) is 0 Å². The lowest BCUT2D eigenvalue weighted by molar-refractivity contribution is 0.268. The second kappa shape index (κ2) is 3.58. The van der Waals surface area contributed by atoms with Crippen LogP contribution in [0.15, 0.2) is 12.1 Å². The lowest BCUT2D eigenvalue weighted by Crippen LogP contribution is -2.30. The van der Waals surface area contributed by atoms with Gasteiger partial charge in [0.2, 0.25) is 0 Å². The van der Waals surface area contributed by atoms with Crippen LogP contribution in [-0.2, 0) is 13.0 Å². The van der Waals surface area contributed by atoms with Crippen LogP contribution in [0, 0.1) is 5.82 Å². The van der Waals surface area contributed by atoms with Gasteiger partial charge in [-0.2, -0.15) is 0 Å². The van der Waals surface area contributed by atoms with Crippen molar-refractivity contribution in [1.29, 1.82) is 0 Å². The van der Waals surface area contributed by atoms with Crippen LogP contribution in [0.4, 0.5) is 10.1 Å². The highest BCUT2D eigenvalue weighted by atomic mass is 19.1. The van der Waals surface area contributed by atoms with E-state index in [0.717, 1.165) is 37.2 Å². The Morgan fingerprint density at radius 1 is 1.50 bits per heavy atom. The monoisotopic (exact) mass is 194 g/mol. The molecule has 14 heavy (non-hydrogen) atoms. The summed E-state index contributed by atoms with van der Waals surface area (Å²) in [5.41, 5.74) is 8.56. The lowest BCUT2D eigenvalue weighted by Gasteiger charge is -2.28. The fourth-order valence-corrected chi connectivity index (χ4v) is 2.02. The van der Waals surface area contributed by atoms with E-state index in [0.29, 0.717) is 5.69 Å². The quantitative estimate of drug-likeness (QED) is 0.690. The summed E-state index contributed by atoms with van der Waals surface area (Å²) in [6.07, 6.45) is 0.940. The Labute approximate surface area is 83.5 Å². The van der Waals surface area contributed by atoms with E-state index in [4.69, 9.17) is 5.73 Å². The minimum Gasteiger partial charge on any atom is -0.398 e. The number of hydrogen-bond acceptors (Lipinski definition) is 2. The lowest BCUT2D eigenvalue weighted by atomic mass is 9.98. The average molecular weight is 194 g/mol. The molecule has 2 N–H and O–H groups in total. The van der Waals surface area contributed by atoms with E-state index in [2.05, 4.69) is 11.8 Å². The van der Waals surface area contributed by atoms with E-state index in [1.165, 1.54) is 6.07 Å². The van der Waals surface area contributed by atoms with Gasteiger partial charge < -0.3 is 5.73 Å². The summed E-state index contributed by atoms with van der Waals surface area (Å²) in [7, 11) is 0. The summed E-state index contributed by atoms with van der Waals surface area (Å²) >= 11 is 0. The highest BCUT2D eigenvalue weighted by molar-refractivity contribution is 5.52. The van der Waals surface area contributed by atoms with Gasteiger partial charge in [-0.05, 0) is 36.2 Å². The minimum absolute atomic E-state index is 0.223. The number of fused-ring (bicyclic) bond motifs is 1. The zero-order chi connectivity index (χ0) is 10.1. The smallest absolute Gasteiger partial charge is 0.125 e. The van der Waals surface area contributed by atoms with Gasteiger partial charge >= 0.3 is 0 Å². The Hall–Kier alpha value is -1.09. The first-order valence-electron chi connectivity index (χ1n) is 5.00. The molecule has 0 fully saturated rings. The summed E-state index contributed by atoms with van der Waals surface area (Å²) in [4.78, 5) is 2.29. The molecule has 0 aromatic heterocycles. The number of nitrogens with two attached hydrogens (primary N) is 1. The molecule has 0 unspecified atom stereocenters. The Morgan fingerprint density at radius 2 is 2.29 bits per heavy atom. The maximum atomic E-state index is 13.1. The number of anilines is 1. The Bertz CT molecular complexity index is 349. The van der Waals surface area contributed by atoms with Gasteiger partial charge in [0.15, 0.2) is 0 Å². The predicted octanol–water partition coefficient (Wildman–Crippen LogP) is 1.79. The maximum Gasteiger partial charge on any atom is 0.125 e. The van der Waals surface area contributed by atoms with Crippen LogP contribution in [0.25, 0.3) is 0 Å². The number of benzene rings is 1. The summed E-state index contributed by atoms with van der Waals surface area (Å²) in [6, 6.07) is 3.02. The summed E-state index contributed by atoms with van der Waals surface area (Å²) < 4.78 is 13.1. The summed E-state index contributed by atoms with van der Waals surface area (Å²) in [5, 5.41) is 0. The molecule has 2 nitrogen and oxygen atoms in total. The van der Waals surface area contributed by atoms with Crippen molar-refractivity contribution in [3.05, 3.63) is 29.1 Å². The molecule has 0 radical (unpaired) electrons. The highest BCUT2D eigenvalue weighted by Gasteiger charge is 2.17. The standard InChI is InChI=1S/C11H15FN2/c1-2-14-4-3-10-8(7-14)5-9(12)6-11(10)13/h5-6H,2-4,7,13H2,1H3. The van der Waals surface area contributed by atoms with Gasteiger partial charge in [-0.1, -0.05) is 6.92 Å². The van der Waals surface area contributed by atoms with Crippen molar-refractivity contribution in [3.63, 3.8) is 0 Å². The van der Waals surface area contributed by atoms with Gasteiger partial charge in [0.05, 0.1) is 0 Å². The van der Waals surface area contributed by atoms with E-state index in [1.807, 2.05) is 0 Å². The number of rotatable bonds is 1. The first-order chi connectivity index (χ1) is 6.70. The molecule has 3 heteroatoms. The molecule has 0 saturated heterocycles. The number of nitrogen functional groups attached to an aromatic ring is 1. The van der Waals surface area contributed by atoms with Crippen LogP contribution in [0.1, 0.15) is 18.1 Å². The zero-order valence-electron chi connectivity index (χ0n) is 8.39. The molecule has 0 spiro atoms. The van der Waals surface area contributed by atoms with Crippen LogP contribution in [0.3, 0.4) is 0 Å². The molecule has 2 rings (SSSR count). The van der Waals surface area contributed by atoms with E-state index in [9.17, 15) is 4.39 Å². The molecule has 1 heterocycles. The van der Waals surface area contributed by atoms with Gasteiger partial charge in [0, 0.05) is 18.8 Å². The number of nitrogens with zero attached hydrogens (tertiary/aromatic N) is 1. The largest absolute Gasteiger partial charge is 0.398 e. The fraction of sp³-hybridized carbons (Fsp3) is 0.455. The topological polar surface area (TPSA) is 29.3 Å². The molecule has 1 aromatic carbocycles. The molecule has 0 amide bonds. The van der Waals surface area contributed by atoms with Crippen molar-refractivity contribution in [1.82, 2.24) is 4.90 Å². The minimum atomic E-state index is -0.223. The first-order valence-corrected chi connectivity index (χ1v) is 5.00. The third kappa shape index (κ3) is 1.60. The predicted molar refractivity (Wildman–Crippen MR) is 55.5 cm³/mol. The Morgan fingerprint density at radius 3 is 3.00 bits per heavy atom. The Balaban J connectivity index is 2.37. The van der Waals surface area contributed by atoms with E-state index < -0.39 is 0 Å². The zero-order valence-corrected chi connectivity index (χ0v) is 8.39. The van der Waals surface area contributed by atoms with Crippen LogP contribution in [0.2, 0.25) is 0 Å². The molecule has 1 aliphatic rings. The van der Waals surface area contributed by atoms with E-state index >= 15 is 0 Å². The molecule has 0 aliphatic carbocycles. The molecule has 0 bridgehead atoms. The van der Waals surface area contributed by atoms with Crippen molar-refractivity contribution in [3.8, 4) is 0 Å². The molecule has 76 valence electrons. The average Bonchev–Trinajstić information content (AvgIpc) is 2.16. The van der Waals surface area contributed by atoms with Crippen LogP contribution in [0.5, 0.6) is 0 Å². The SMILES string of the molecule is CCN1CCc2c(N)cc(F)cc2C1. The van der Waals surface area contributed by atoms with Crippen molar-refractivity contribution in [2.24, 2.45) is 0 Å². The number of likely N-dealkylation sites (N-methyl/N-ethyl adjacent to an activating group) is 1. The van der Waals surface area contributed by atoms with Gasteiger partial charge in [-0.3, -0.25) is 4.90 Å². The van der Waals surface area contributed by atoms with Crippen LogP contribution in [-0.4, -0.2) is 18.0 Å². The molecular weight excluding hydrogens is 179 g/mol. The molecular formula is C11H15FN2. The number of halogens is 1. The normalized spacial score (nSPS) is 16.7. The molecule has 1 aliphatic heterocycles. The second-order valence-corrected chi connectivity index (χ2v) is 3.75. The summed E-state index contributed by atoms with van der Waals surface area (Å²) in [5.74, 6) is -0.223. The van der Waals surface area contributed by atoms with Gasteiger partial charge in [-0.25, -0.2) is 4.39 Å². The van der Waals surface area contributed by atoms with Gasteiger partial charge in [0.1, 0.15) is 5.82 Å². The third-order valence-corrected chi connectivity index (χ3v) is 2.86. The van der Waals surface area contributed by atoms with Crippen molar-refractivity contribution < 1.29 is 4.39 Å². The molecule has 1 aromatic rings. The molecule has 0 saturated carbocycles.